The van der Waals surface area contributed by atoms with Crippen LogP contribution in [0, 0.1) is 0 Å². The van der Waals surface area contributed by atoms with Crippen LogP contribution >= 0.6 is 0 Å². The maximum atomic E-state index is 12.9. The number of unbranched alkanes of at least 4 members (excludes halogenated alkanes) is 36. The summed E-state index contributed by atoms with van der Waals surface area (Å²) >= 11 is 0. The lowest BCUT2D eigenvalue weighted by atomic mass is 10.0. The van der Waals surface area contributed by atoms with Crippen LogP contribution in [0.2, 0.25) is 0 Å². The molecule has 6 nitrogen and oxygen atoms in total. The van der Waals surface area contributed by atoms with Gasteiger partial charge in [-0.3, -0.25) is 14.4 Å². The Morgan fingerprint density at radius 1 is 0.267 bits per heavy atom. The summed E-state index contributed by atoms with van der Waals surface area (Å²) in [7, 11) is 0. The van der Waals surface area contributed by atoms with Crippen LogP contribution in [0.4, 0.5) is 0 Å². The maximum absolute atomic E-state index is 12.9. The van der Waals surface area contributed by atoms with E-state index in [1.165, 1.54) is 218 Å². The maximum Gasteiger partial charge on any atom is 0.306 e. The number of esters is 3. The van der Waals surface area contributed by atoms with E-state index in [2.05, 4.69) is 87.6 Å². The zero-order chi connectivity index (χ0) is 54.3. The van der Waals surface area contributed by atoms with Crippen molar-refractivity contribution < 1.29 is 28.6 Å². The molecule has 0 aliphatic carbocycles. The molecule has 0 bridgehead atoms. The van der Waals surface area contributed by atoms with Crippen molar-refractivity contribution in [1.82, 2.24) is 0 Å². The van der Waals surface area contributed by atoms with Crippen molar-refractivity contribution in [2.45, 2.75) is 335 Å². The van der Waals surface area contributed by atoms with Gasteiger partial charge in [0, 0.05) is 19.3 Å². The molecule has 0 aromatic carbocycles. The van der Waals surface area contributed by atoms with Crippen LogP contribution in [0.3, 0.4) is 0 Å². The van der Waals surface area contributed by atoms with Crippen molar-refractivity contribution in [3.05, 3.63) is 72.9 Å². The third kappa shape index (κ3) is 61.6. The quantitative estimate of drug-likeness (QED) is 0.0261. The number of carbonyl (C=O) groups is 3. The van der Waals surface area contributed by atoms with Gasteiger partial charge >= 0.3 is 17.9 Å². The van der Waals surface area contributed by atoms with Crippen molar-refractivity contribution in [2.24, 2.45) is 0 Å². The van der Waals surface area contributed by atoms with Gasteiger partial charge in [0.05, 0.1) is 0 Å². The van der Waals surface area contributed by atoms with Gasteiger partial charge in [0.15, 0.2) is 6.10 Å². The monoisotopic (exact) mass is 1050 g/mol. The van der Waals surface area contributed by atoms with Crippen LogP contribution in [0.5, 0.6) is 0 Å². The van der Waals surface area contributed by atoms with Gasteiger partial charge in [0.2, 0.25) is 0 Å². The molecule has 0 aromatic rings. The van der Waals surface area contributed by atoms with Crippen LogP contribution in [0.1, 0.15) is 329 Å². The normalized spacial score (nSPS) is 12.5. The molecular weight excluding hydrogens is 925 g/mol. The number of ether oxygens (including phenoxy) is 3. The van der Waals surface area contributed by atoms with Crippen LogP contribution < -0.4 is 0 Å². The third-order valence-corrected chi connectivity index (χ3v) is 14.2. The molecule has 0 radical (unpaired) electrons. The first kappa shape index (κ1) is 71.8. The second kappa shape index (κ2) is 63.4. The van der Waals surface area contributed by atoms with Crippen LogP contribution in [0.15, 0.2) is 72.9 Å². The molecule has 0 saturated carbocycles. The Bertz CT molecular complexity index is 1390. The Labute approximate surface area is 465 Å². The topological polar surface area (TPSA) is 78.9 Å². The van der Waals surface area contributed by atoms with E-state index in [9.17, 15) is 14.4 Å². The van der Waals surface area contributed by atoms with E-state index in [1.54, 1.807) is 0 Å². The average molecular weight is 1050 g/mol. The number of hydrogen-bond acceptors (Lipinski definition) is 6. The number of carbonyl (C=O) groups excluding carboxylic acids is 3. The molecule has 0 N–H and O–H groups in total. The molecule has 6 heteroatoms. The summed E-state index contributed by atoms with van der Waals surface area (Å²) in [5, 5.41) is 0. The second-order valence-electron chi connectivity index (χ2n) is 21.7. The molecule has 0 aromatic heterocycles. The van der Waals surface area contributed by atoms with Gasteiger partial charge in [0.1, 0.15) is 13.2 Å². The predicted molar refractivity (Wildman–Crippen MR) is 325 cm³/mol. The second-order valence-corrected chi connectivity index (χ2v) is 21.7. The minimum Gasteiger partial charge on any atom is -0.462 e. The van der Waals surface area contributed by atoms with E-state index >= 15 is 0 Å². The summed E-state index contributed by atoms with van der Waals surface area (Å²) in [5.74, 6) is -0.967. The molecule has 0 aliphatic rings. The van der Waals surface area contributed by atoms with Crippen LogP contribution in [0.25, 0.3) is 0 Å². The Hall–Kier alpha value is -3.15. The summed E-state index contributed by atoms with van der Waals surface area (Å²) in [6.45, 7) is 6.59. The van der Waals surface area contributed by atoms with Gasteiger partial charge < -0.3 is 14.2 Å². The van der Waals surface area contributed by atoms with Crippen molar-refractivity contribution in [2.75, 3.05) is 13.2 Å². The highest BCUT2D eigenvalue weighted by atomic mass is 16.6. The Kier molecular flexibility index (Phi) is 60.7. The van der Waals surface area contributed by atoms with E-state index in [1.807, 2.05) is 6.08 Å². The molecule has 0 spiro atoms. The first-order chi connectivity index (χ1) is 37.0. The number of hydrogen-bond donors (Lipinski definition) is 0. The minimum atomic E-state index is -0.806. The number of allylic oxidation sites excluding steroid dienone is 12. The first-order valence-electron chi connectivity index (χ1n) is 32.4. The van der Waals surface area contributed by atoms with Gasteiger partial charge in [-0.25, -0.2) is 0 Å². The predicted octanol–water partition coefficient (Wildman–Crippen LogP) is 22.1. The van der Waals surface area contributed by atoms with Crippen LogP contribution in [-0.4, -0.2) is 37.2 Å². The third-order valence-electron chi connectivity index (χ3n) is 14.2. The van der Waals surface area contributed by atoms with Crippen molar-refractivity contribution in [3.63, 3.8) is 0 Å². The fraction of sp³-hybridized carbons (Fsp3) is 0.783. The molecule has 0 fully saturated rings. The standard InChI is InChI=1S/C69H122O6/c1-4-7-10-13-16-19-22-25-28-31-34-37-40-43-46-49-52-55-58-61-67(70)73-64-66(75-69(72)63-60-57-54-51-48-45-42-39-36-33-30-27-24-21-18-15-12-9-6-3)65-74-68(71)62-59-56-53-50-47-44-41-38-35-32-29-26-23-20-17-14-11-8-5-2/h16,19,25,27-28,30,34,37,43,46,52,55,66H,4-15,17-18,20-24,26,29,31-33,35-36,38-42,44-45,47-51,53-54,56-65H2,1-3H3/b19-16-,28-25-,30-27-,37-34-,46-43-,55-52-/t66-/m1/s1. The van der Waals surface area contributed by atoms with Crippen molar-refractivity contribution >= 4 is 17.9 Å². The van der Waals surface area contributed by atoms with E-state index in [0.29, 0.717) is 19.3 Å². The molecule has 0 heterocycles. The summed E-state index contributed by atoms with van der Waals surface area (Å²) in [4.78, 5) is 38.3. The first-order valence-corrected chi connectivity index (χ1v) is 32.4. The molecule has 0 rings (SSSR count). The lowest BCUT2D eigenvalue weighted by molar-refractivity contribution is -0.166. The molecule has 434 valence electrons. The average Bonchev–Trinajstić information content (AvgIpc) is 3.41. The van der Waals surface area contributed by atoms with Gasteiger partial charge in [-0.05, 0) is 83.5 Å². The molecular formula is C69H122O6. The minimum absolute atomic E-state index is 0.0958. The highest BCUT2D eigenvalue weighted by molar-refractivity contribution is 5.71. The molecule has 0 saturated heterocycles. The van der Waals surface area contributed by atoms with E-state index in [-0.39, 0.29) is 37.5 Å². The summed E-state index contributed by atoms with van der Waals surface area (Å²) in [6, 6.07) is 0. The fourth-order valence-electron chi connectivity index (χ4n) is 9.31. The lowest BCUT2D eigenvalue weighted by Gasteiger charge is -2.18. The van der Waals surface area contributed by atoms with E-state index in [4.69, 9.17) is 14.2 Å². The number of rotatable bonds is 59. The Morgan fingerprint density at radius 2 is 0.507 bits per heavy atom. The van der Waals surface area contributed by atoms with Gasteiger partial charge in [0.25, 0.3) is 0 Å². The van der Waals surface area contributed by atoms with Crippen LogP contribution in [-0.2, 0) is 28.6 Å². The van der Waals surface area contributed by atoms with Gasteiger partial charge in [-0.1, -0.05) is 299 Å². The zero-order valence-electron chi connectivity index (χ0n) is 49.8. The largest absolute Gasteiger partial charge is 0.462 e. The SMILES string of the molecule is CCCCC/C=C\C/C=C\C/C=C\C/C=C\C/C=C\CCC(=O)OC[C@H](COC(=O)CCCCCCCCCCCCCCCCCCCCC)OC(=O)CCCCCCCCCCC/C=C\CCCCCCCC. The molecule has 1 atom stereocenters. The zero-order valence-corrected chi connectivity index (χ0v) is 49.8. The summed E-state index contributed by atoms with van der Waals surface area (Å²) < 4.78 is 16.9. The highest BCUT2D eigenvalue weighted by Gasteiger charge is 2.19. The summed E-state index contributed by atoms with van der Waals surface area (Å²) in [6.07, 6.45) is 82.0. The van der Waals surface area contributed by atoms with Gasteiger partial charge in [-0.2, -0.15) is 0 Å². The Morgan fingerprint density at radius 3 is 0.867 bits per heavy atom. The molecule has 0 amide bonds. The highest BCUT2D eigenvalue weighted by Crippen LogP contribution is 2.17. The van der Waals surface area contributed by atoms with Gasteiger partial charge in [-0.15, -0.1) is 0 Å². The van der Waals surface area contributed by atoms with E-state index < -0.39 is 6.10 Å². The molecule has 0 unspecified atom stereocenters. The lowest BCUT2D eigenvalue weighted by Crippen LogP contribution is -2.30. The molecule has 75 heavy (non-hydrogen) atoms. The van der Waals surface area contributed by atoms with E-state index in [0.717, 1.165) is 64.2 Å². The molecule has 0 aliphatic heterocycles. The van der Waals surface area contributed by atoms with Crippen molar-refractivity contribution in [1.29, 1.82) is 0 Å². The smallest absolute Gasteiger partial charge is 0.306 e. The Balaban J connectivity index is 4.45. The summed E-state index contributed by atoms with van der Waals surface area (Å²) in [5.41, 5.74) is 0. The van der Waals surface area contributed by atoms with Crippen molar-refractivity contribution in [3.8, 4) is 0 Å². The fourth-order valence-corrected chi connectivity index (χ4v) is 9.31.